The van der Waals surface area contributed by atoms with E-state index in [4.69, 9.17) is 15.2 Å². The Balaban J connectivity index is 2.72. The first-order chi connectivity index (χ1) is 9.31. The quantitative estimate of drug-likeness (QED) is 0.646. The second kappa shape index (κ2) is 7.02. The first-order valence-electron chi connectivity index (χ1n) is 6.05. The van der Waals surface area contributed by atoms with E-state index in [-0.39, 0.29) is 25.2 Å². The molecule has 112 valence electrons. The van der Waals surface area contributed by atoms with Gasteiger partial charge in [0, 0.05) is 12.1 Å². The van der Waals surface area contributed by atoms with Crippen molar-refractivity contribution in [1.82, 2.24) is 0 Å². The van der Waals surface area contributed by atoms with E-state index in [1.54, 1.807) is 6.92 Å². The number of carbonyl (C=O) groups excluding carboxylic acids is 1. The van der Waals surface area contributed by atoms with Crippen molar-refractivity contribution in [3.63, 3.8) is 0 Å². The maximum Gasteiger partial charge on any atom is 0.422 e. The van der Waals surface area contributed by atoms with Crippen LogP contribution in [0.2, 0.25) is 0 Å². The lowest BCUT2D eigenvalue weighted by Crippen LogP contribution is -2.20. The fourth-order valence-electron chi connectivity index (χ4n) is 1.57. The Morgan fingerprint density at radius 3 is 2.65 bits per heavy atom. The highest BCUT2D eigenvalue weighted by Gasteiger charge is 2.28. The molecule has 0 aromatic heterocycles. The fourth-order valence-corrected chi connectivity index (χ4v) is 1.57. The van der Waals surface area contributed by atoms with Gasteiger partial charge in [-0.1, -0.05) is 0 Å². The fraction of sp³-hybridized carbons (Fsp3) is 0.462. The molecule has 1 rings (SSSR count). The minimum absolute atomic E-state index is 0.0552. The molecule has 0 fully saturated rings. The van der Waals surface area contributed by atoms with E-state index in [0.29, 0.717) is 11.3 Å². The molecule has 20 heavy (non-hydrogen) atoms. The second-order valence-electron chi connectivity index (χ2n) is 4.08. The van der Waals surface area contributed by atoms with Gasteiger partial charge in [0.2, 0.25) is 0 Å². The number of ether oxygens (including phenoxy) is 2. The van der Waals surface area contributed by atoms with Crippen LogP contribution in [0.15, 0.2) is 18.2 Å². The SMILES string of the molecule is CCOC(=O)CCc1cc(N)ccc1OCC(F)(F)F. The third kappa shape index (κ3) is 5.81. The average molecular weight is 291 g/mol. The Morgan fingerprint density at radius 2 is 2.05 bits per heavy atom. The molecule has 0 spiro atoms. The Morgan fingerprint density at radius 1 is 1.35 bits per heavy atom. The third-order valence-corrected chi connectivity index (χ3v) is 2.38. The van der Waals surface area contributed by atoms with Crippen LogP contribution in [-0.4, -0.2) is 25.4 Å². The highest BCUT2D eigenvalue weighted by molar-refractivity contribution is 5.70. The van der Waals surface area contributed by atoms with Crippen LogP contribution in [0.5, 0.6) is 5.75 Å². The standard InChI is InChI=1S/C13H16F3NO3/c1-2-19-12(18)6-3-9-7-10(17)4-5-11(9)20-8-13(14,15)16/h4-5,7H,2-3,6,8,17H2,1H3. The highest BCUT2D eigenvalue weighted by Crippen LogP contribution is 2.25. The molecule has 0 amide bonds. The van der Waals surface area contributed by atoms with Crippen LogP contribution >= 0.6 is 0 Å². The van der Waals surface area contributed by atoms with Gasteiger partial charge in [-0.3, -0.25) is 4.79 Å². The van der Waals surface area contributed by atoms with Gasteiger partial charge in [-0.2, -0.15) is 13.2 Å². The van der Waals surface area contributed by atoms with Crippen molar-refractivity contribution < 1.29 is 27.4 Å². The van der Waals surface area contributed by atoms with Crippen LogP contribution in [-0.2, 0) is 16.0 Å². The zero-order valence-corrected chi connectivity index (χ0v) is 11.0. The zero-order valence-electron chi connectivity index (χ0n) is 11.0. The number of aryl methyl sites for hydroxylation is 1. The molecular weight excluding hydrogens is 275 g/mol. The largest absolute Gasteiger partial charge is 0.484 e. The molecule has 0 atom stereocenters. The maximum atomic E-state index is 12.1. The van der Waals surface area contributed by atoms with Crippen molar-refractivity contribution in [2.75, 3.05) is 18.9 Å². The summed E-state index contributed by atoms with van der Waals surface area (Å²) in [6.07, 6.45) is -4.16. The molecule has 0 aliphatic heterocycles. The number of rotatable bonds is 6. The number of alkyl halides is 3. The molecule has 0 heterocycles. The van der Waals surface area contributed by atoms with Crippen molar-refractivity contribution in [3.8, 4) is 5.75 Å². The summed E-state index contributed by atoms with van der Waals surface area (Å²) in [7, 11) is 0. The van der Waals surface area contributed by atoms with E-state index in [9.17, 15) is 18.0 Å². The van der Waals surface area contributed by atoms with Crippen LogP contribution in [0.4, 0.5) is 18.9 Å². The van der Waals surface area contributed by atoms with Crippen molar-refractivity contribution in [3.05, 3.63) is 23.8 Å². The highest BCUT2D eigenvalue weighted by atomic mass is 19.4. The average Bonchev–Trinajstić information content (AvgIpc) is 2.34. The Labute approximate surface area is 114 Å². The van der Waals surface area contributed by atoms with Gasteiger partial charge < -0.3 is 15.2 Å². The molecule has 0 bridgehead atoms. The molecule has 0 saturated carbocycles. The Hall–Kier alpha value is -1.92. The lowest BCUT2D eigenvalue weighted by atomic mass is 10.1. The molecule has 2 N–H and O–H groups in total. The van der Waals surface area contributed by atoms with Crippen LogP contribution in [0.25, 0.3) is 0 Å². The predicted octanol–water partition coefficient (Wildman–Crippen LogP) is 2.71. The summed E-state index contributed by atoms with van der Waals surface area (Å²) in [5, 5.41) is 0. The van der Waals surface area contributed by atoms with Gasteiger partial charge in [0.05, 0.1) is 6.61 Å². The first kappa shape index (κ1) is 16.1. The van der Waals surface area contributed by atoms with Crippen molar-refractivity contribution in [2.45, 2.75) is 25.9 Å². The van der Waals surface area contributed by atoms with E-state index >= 15 is 0 Å². The Kier molecular flexibility index (Phi) is 5.66. The number of halogens is 3. The van der Waals surface area contributed by atoms with Crippen LogP contribution < -0.4 is 10.5 Å². The summed E-state index contributed by atoms with van der Waals surface area (Å²) < 4.78 is 45.9. The minimum Gasteiger partial charge on any atom is -0.484 e. The van der Waals surface area contributed by atoms with Gasteiger partial charge in [0.1, 0.15) is 5.75 Å². The number of benzene rings is 1. The van der Waals surface area contributed by atoms with E-state index < -0.39 is 18.8 Å². The molecule has 1 aromatic rings. The van der Waals surface area contributed by atoms with Gasteiger partial charge in [0.25, 0.3) is 0 Å². The topological polar surface area (TPSA) is 61.5 Å². The number of esters is 1. The van der Waals surface area contributed by atoms with E-state index in [1.807, 2.05) is 0 Å². The molecular formula is C13H16F3NO3. The number of anilines is 1. The Bertz CT molecular complexity index is 461. The molecule has 0 aliphatic rings. The van der Waals surface area contributed by atoms with E-state index in [2.05, 4.69) is 0 Å². The normalized spacial score (nSPS) is 11.2. The number of nitrogen functional groups attached to an aromatic ring is 1. The van der Waals surface area contributed by atoms with Crippen LogP contribution in [0.3, 0.4) is 0 Å². The maximum absolute atomic E-state index is 12.1. The molecule has 0 radical (unpaired) electrons. The summed E-state index contributed by atoms with van der Waals surface area (Å²) in [5.41, 5.74) is 6.42. The zero-order chi connectivity index (χ0) is 15.2. The van der Waals surface area contributed by atoms with Gasteiger partial charge in [-0.25, -0.2) is 0 Å². The number of nitrogens with two attached hydrogens (primary N) is 1. The molecule has 0 unspecified atom stereocenters. The number of hydrogen-bond donors (Lipinski definition) is 1. The molecule has 0 aliphatic carbocycles. The smallest absolute Gasteiger partial charge is 0.422 e. The van der Waals surface area contributed by atoms with Gasteiger partial charge >= 0.3 is 12.1 Å². The van der Waals surface area contributed by atoms with Crippen molar-refractivity contribution >= 4 is 11.7 Å². The third-order valence-electron chi connectivity index (χ3n) is 2.38. The second-order valence-corrected chi connectivity index (χ2v) is 4.08. The van der Waals surface area contributed by atoms with Gasteiger partial charge in [-0.05, 0) is 37.1 Å². The lowest BCUT2D eigenvalue weighted by Gasteiger charge is -2.13. The van der Waals surface area contributed by atoms with E-state index in [0.717, 1.165) is 0 Å². The van der Waals surface area contributed by atoms with E-state index in [1.165, 1.54) is 18.2 Å². The van der Waals surface area contributed by atoms with Crippen LogP contribution in [0.1, 0.15) is 18.9 Å². The first-order valence-corrected chi connectivity index (χ1v) is 6.05. The predicted molar refractivity (Wildman–Crippen MR) is 67.4 cm³/mol. The lowest BCUT2D eigenvalue weighted by molar-refractivity contribution is -0.153. The van der Waals surface area contributed by atoms with Crippen molar-refractivity contribution in [2.24, 2.45) is 0 Å². The van der Waals surface area contributed by atoms with Gasteiger partial charge in [0.15, 0.2) is 6.61 Å². The summed E-state index contributed by atoms with van der Waals surface area (Å²) >= 11 is 0. The summed E-state index contributed by atoms with van der Waals surface area (Å²) in [6.45, 7) is 0.548. The van der Waals surface area contributed by atoms with Crippen LogP contribution in [0, 0.1) is 0 Å². The molecule has 1 aromatic carbocycles. The van der Waals surface area contributed by atoms with Crippen molar-refractivity contribution in [1.29, 1.82) is 0 Å². The number of carbonyl (C=O) groups is 1. The molecule has 0 saturated heterocycles. The summed E-state index contributed by atoms with van der Waals surface area (Å²) in [4.78, 5) is 11.3. The summed E-state index contributed by atoms with van der Waals surface area (Å²) in [6, 6.07) is 4.30. The minimum atomic E-state index is -4.42. The molecule has 4 nitrogen and oxygen atoms in total. The number of hydrogen-bond acceptors (Lipinski definition) is 4. The van der Waals surface area contributed by atoms with Gasteiger partial charge in [-0.15, -0.1) is 0 Å². The molecule has 7 heteroatoms. The summed E-state index contributed by atoms with van der Waals surface area (Å²) in [5.74, 6) is -0.350. The monoisotopic (exact) mass is 291 g/mol.